The van der Waals surface area contributed by atoms with Gasteiger partial charge in [0.1, 0.15) is 6.67 Å². The average molecular weight is 377 g/mol. The number of para-hydroxylation sites is 1. The summed E-state index contributed by atoms with van der Waals surface area (Å²) in [5, 5.41) is 7.01. The van der Waals surface area contributed by atoms with Crippen molar-refractivity contribution in [3.05, 3.63) is 57.4 Å². The summed E-state index contributed by atoms with van der Waals surface area (Å²) in [4.78, 5) is 17.3. The Bertz CT molecular complexity index is 898. The molecule has 0 amide bonds. The van der Waals surface area contributed by atoms with E-state index < -0.39 is 5.76 Å². The summed E-state index contributed by atoms with van der Waals surface area (Å²) < 4.78 is 6.65. The first-order valence-corrected chi connectivity index (χ1v) is 9.30. The number of hydrogen-bond donors (Lipinski definition) is 0. The normalized spacial score (nSPS) is 15.6. The maximum atomic E-state index is 12.0. The summed E-state index contributed by atoms with van der Waals surface area (Å²) in [6, 6.07) is 11.7. The Morgan fingerprint density at radius 1 is 1.12 bits per heavy atom. The SMILES string of the molecule is O=c1oc(-c2cccs2)nn1CN1CCN(c2ccccc2Cl)CC1. The fourth-order valence-electron chi connectivity index (χ4n) is 2.92. The Kier molecular flexibility index (Phi) is 4.61. The molecule has 3 aromatic rings. The molecule has 25 heavy (non-hydrogen) atoms. The third-order valence-corrected chi connectivity index (χ3v) is 5.42. The van der Waals surface area contributed by atoms with Crippen LogP contribution in [0.25, 0.3) is 10.8 Å². The number of halogens is 1. The highest BCUT2D eigenvalue weighted by molar-refractivity contribution is 7.13. The molecule has 3 heterocycles. The van der Waals surface area contributed by atoms with Gasteiger partial charge in [-0.3, -0.25) is 4.90 Å². The molecule has 0 saturated carbocycles. The average Bonchev–Trinajstić information content (AvgIpc) is 3.27. The Labute approximate surface area is 153 Å². The Hall–Kier alpha value is -2.09. The van der Waals surface area contributed by atoms with Gasteiger partial charge in [-0.1, -0.05) is 29.8 Å². The van der Waals surface area contributed by atoms with Crippen LogP contribution in [0.3, 0.4) is 0 Å². The molecule has 0 radical (unpaired) electrons. The number of hydrogen-bond acceptors (Lipinski definition) is 6. The summed E-state index contributed by atoms with van der Waals surface area (Å²) in [5.74, 6) is -0.0355. The molecule has 0 N–H and O–H groups in total. The van der Waals surface area contributed by atoms with Gasteiger partial charge in [0, 0.05) is 26.2 Å². The van der Waals surface area contributed by atoms with E-state index in [9.17, 15) is 4.79 Å². The van der Waals surface area contributed by atoms with E-state index in [0.717, 1.165) is 41.8 Å². The summed E-state index contributed by atoms with van der Waals surface area (Å²) in [6.07, 6.45) is 0. The van der Waals surface area contributed by atoms with Crippen LogP contribution in [-0.2, 0) is 6.67 Å². The van der Waals surface area contributed by atoms with Crippen LogP contribution >= 0.6 is 22.9 Å². The number of benzene rings is 1. The quantitative estimate of drug-likeness (QED) is 0.700. The van der Waals surface area contributed by atoms with Gasteiger partial charge in [0.05, 0.1) is 15.6 Å². The van der Waals surface area contributed by atoms with Crippen LogP contribution in [0, 0.1) is 0 Å². The Balaban J connectivity index is 1.41. The fourth-order valence-corrected chi connectivity index (χ4v) is 3.82. The maximum absolute atomic E-state index is 12.0. The van der Waals surface area contributed by atoms with E-state index in [1.807, 2.05) is 41.8 Å². The van der Waals surface area contributed by atoms with Crippen molar-refractivity contribution in [1.82, 2.24) is 14.7 Å². The highest BCUT2D eigenvalue weighted by atomic mass is 35.5. The fraction of sp³-hybridized carbons (Fsp3) is 0.294. The van der Waals surface area contributed by atoms with Gasteiger partial charge < -0.3 is 9.32 Å². The Morgan fingerprint density at radius 3 is 2.64 bits per heavy atom. The summed E-state index contributed by atoms with van der Waals surface area (Å²) >= 11 is 7.78. The highest BCUT2D eigenvalue weighted by Gasteiger charge is 2.20. The van der Waals surface area contributed by atoms with Gasteiger partial charge in [0.25, 0.3) is 5.89 Å². The number of rotatable bonds is 4. The van der Waals surface area contributed by atoms with Crippen molar-refractivity contribution >= 4 is 28.6 Å². The lowest BCUT2D eigenvalue weighted by molar-refractivity contribution is 0.189. The number of piperazine rings is 1. The minimum absolute atomic E-state index is 0.384. The van der Waals surface area contributed by atoms with Crippen molar-refractivity contribution in [3.8, 4) is 10.8 Å². The van der Waals surface area contributed by atoms with Crippen molar-refractivity contribution in [2.75, 3.05) is 31.1 Å². The molecule has 2 aromatic heterocycles. The molecular weight excluding hydrogens is 360 g/mol. The molecule has 0 unspecified atom stereocenters. The number of anilines is 1. The van der Waals surface area contributed by atoms with Crippen molar-refractivity contribution in [3.63, 3.8) is 0 Å². The van der Waals surface area contributed by atoms with E-state index in [2.05, 4.69) is 14.9 Å². The predicted octanol–water partition coefficient (Wildman–Crippen LogP) is 3.00. The van der Waals surface area contributed by atoms with Crippen molar-refractivity contribution < 1.29 is 4.42 Å². The second-order valence-electron chi connectivity index (χ2n) is 5.85. The third kappa shape index (κ3) is 3.49. The molecule has 130 valence electrons. The number of thiophene rings is 1. The minimum atomic E-state index is -0.420. The molecule has 0 spiro atoms. The summed E-state index contributed by atoms with van der Waals surface area (Å²) in [6.45, 7) is 3.81. The van der Waals surface area contributed by atoms with Gasteiger partial charge in [-0.25, -0.2) is 4.79 Å². The van der Waals surface area contributed by atoms with Crippen LogP contribution in [0.5, 0.6) is 0 Å². The molecular formula is C17H17ClN4O2S. The van der Waals surface area contributed by atoms with Gasteiger partial charge in [-0.05, 0) is 23.6 Å². The van der Waals surface area contributed by atoms with Crippen molar-refractivity contribution in [2.45, 2.75) is 6.67 Å². The smallest absolute Gasteiger partial charge is 0.387 e. The monoisotopic (exact) mass is 376 g/mol. The second kappa shape index (κ2) is 7.03. The topological polar surface area (TPSA) is 54.5 Å². The standard InChI is InChI=1S/C17H17ClN4O2S/c18-13-4-1-2-5-14(13)21-9-7-20(8-10-21)12-22-17(23)24-16(19-22)15-6-3-11-25-15/h1-6,11H,7-10,12H2. The zero-order chi connectivity index (χ0) is 17.2. The summed E-state index contributed by atoms with van der Waals surface area (Å²) in [5.41, 5.74) is 1.06. The van der Waals surface area contributed by atoms with Crippen LogP contribution < -0.4 is 10.7 Å². The number of nitrogens with zero attached hydrogens (tertiary/aromatic N) is 4. The zero-order valence-electron chi connectivity index (χ0n) is 13.5. The van der Waals surface area contributed by atoms with E-state index in [-0.39, 0.29) is 0 Å². The first kappa shape index (κ1) is 16.4. The van der Waals surface area contributed by atoms with E-state index >= 15 is 0 Å². The molecule has 4 rings (SSSR count). The van der Waals surface area contributed by atoms with Crippen LogP contribution in [0.1, 0.15) is 0 Å². The van der Waals surface area contributed by atoms with Crippen LogP contribution in [0.4, 0.5) is 5.69 Å². The molecule has 1 aromatic carbocycles. The molecule has 0 atom stereocenters. The van der Waals surface area contributed by atoms with Gasteiger partial charge in [0.2, 0.25) is 0 Å². The van der Waals surface area contributed by atoms with Gasteiger partial charge in [0.15, 0.2) is 0 Å². The first-order chi connectivity index (χ1) is 12.2. The molecule has 8 heteroatoms. The van der Waals surface area contributed by atoms with E-state index in [0.29, 0.717) is 12.6 Å². The lowest BCUT2D eigenvalue weighted by Gasteiger charge is -2.36. The molecule has 1 aliphatic rings. The van der Waals surface area contributed by atoms with Gasteiger partial charge in [-0.15, -0.1) is 16.4 Å². The predicted molar refractivity (Wildman–Crippen MR) is 99.3 cm³/mol. The van der Waals surface area contributed by atoms with Gasteiger partial charge in [-0.2, -0.15) is 4.68 Å². The van der Waals surface area contributed by atoms with Crippen LogP contribution in [-0.4, -0.2) is 40.9 Å². The lowest BCUT2D eigenvalue weighted by Crippen LogP contribution is -2.47. The lowest BCUT2D eigenvalue weighted by atomic mass is 10.2. The molecule has 1 aliphatic heterocycles. The van der Waals surface area contributed by atoms with E-state index in [4.69, 9.17) is 16.0 Å². The second-order valence-corrected chi connectivity index (χ2v) is 7.20. The largest absolute Gasteiger partial charge is 0.438 e. The van der Waals surface area contributed by atoms with Crippen molar-refractivity contribution in [1.29, 1.82) is 0 Å². The number of aromatic nitrogens is 2. The van der Waals surface area contributed by atoms with E-state index in [1.54, 1.807) is 0 Å². The van der Waals surface area contributed by atoms with Crippen LogP contribution in [0.2, 0.25) is 5.02 Å². The third-order valence-electron chi connectivity index (χ3n) is 4.24. The maximum Gasteiger partial charge on any atom is 0.438 e. The summed E-state index contributed by atoms with van der Waals surface area (Å²) in [7, 11) is 0. The molecule has 6 nitrogen and oxygen atoms in total. The molecule has 0 bridgehead atoms. The van der Waals surface area contributed by atoms with E-state index in [1.165, 1.54) is 16.0 Å². The first-order valence-electron chi connectivity index (χ1n) is 8.04. The minimum Gasteiger partial charge on any atom is -0.387 e. The molecule has 0 aliphatic carbocycles. The van der Waals surface area contributed by atoms with Gasteiger partial charge >= 0.3 is 5.76 Å². The zero-order valence-corrected chi connectivity index (χ0v) is 15.0. The Morgan fingerprint density at radius 2 is 1.92 bits per heavy atom. The van der Waals surface area contributed by atoms with Crippen LogP contribution in [0.15, 0.2) is 51.0 Å². The van der Waals surface area contributed by atoms with Crippen molar-refractivity contribution in [2.24, 2.45) is 0 Å². The molecule has 1 saturated heterocycles. The molecule has 1 fully saturated rings. The highest BCUT2D eigenvalue weighted by Crippen LogP contribution is 2.26.